The first kappa shape index (κ1) is 25.2. The third-order valence-electron chi connectivity index (χ3n) is 4.95. The fourth-order valence-electron chi connectivity index (χ4n) is 3.28. The second-order valence-electron chi connectivity index (χ2n) is 7.42. The SMILES string of the molecule is O=C1S/C(=C/c2cc(Cl)c(OCc3ccc(Cl)cc3)c(Br)c2)C(=O)N1Cc1cccc([N+](=O)[O-])c1. The highest BCUT2D eigenvalue weighted by atomic mass is 79.9. The van der Waals surface area contributed by atoms with E-state index in [9.17, 15) is 19.7 Å². The van der Waals surface area contributed by atoms with Gasteiger partial charge in [0.1, 0.15) is 6.61 Å². The Morgan fingerprint density at radius 2 is 1.80 bits per heavy atom. The number of carbonyl (C=O) groups excluding carboxylic acids is 2. The Morgan fingerprint density at radius 3 is 2.49 bits per heavy atom. The van der Waals surface area contributed by atoms with Gasteiger partial charge in [-0.05, 0) is 74.7 Å². The molecule has 11 heteroatoms. The molecule has 3 aromatic carbocycles. The van der Waals surface area contributed by atoms with Crippen molar-refractivity contribution < 1.29 is 19.2 Å². The number of rotatable bonds is 7. The third kappa shape index (κ3) is 6.05. The maximum Gasteiger partial charge on any atom is 0.293 e. The number of ether oxygens (including phenoxy) is 1. The van der Waals surface area contributed by atoms with Crippen LogP contribution in [0, 0.1) is 10.1 Å². The molecule has 1 aliphatic rings. The normalized spacial score (nSPS) is 14.6. The molecule has 0 spiro atoms. The van der Waals surface area contributed by atoms with Gasteiger partial charge in [0, 0.05) is 17.2 Å². The summed E-state index contributed by atoms with van der Waals surface area (Å²) in [5, 5.41) is 11.5. The van der Waals surface area contributed by atoms with Gasteiger partial charge < -0.3 is 4.74 Å². The summed E-state index contributed by atoms with van der Waals surface area (Å²) in [7, 11) is 0. The lowest BCUT2D eigenvalue weighted by molar-refractivity contribution is -0.384. The number of hydrogen-bond acceptors (Lipinski definition) is 6. The van der Waals surface area contributed by atoms with Crippen molar-refractivity contribution in [2.24, 2.45) is 0 Å². The molecule has 0 saturated carbocycles. The van der Waals surface area contributed by atoms with E-state index in [0.717, 1.165) is 22.2 Å². The van der Waals surface area contributed by atoms with Crippen molar-refractivity contribution in [3.63, 3.8) is 0 Å². The molecule has 0 atom stereocenters. The molecule has 178 valence electrons. The summed E-state index contributed by atoms with van der Waals surface area (Å²) in [6.45, 7) is 0.219. The molecule has 1 saturated heterocycles. The number of carbonyl (C=O) groups is 2. The lowest BCUT2D eigenvalue weighted by Crippen LogP contribution is -2.27. The van der Waals surface area contributed by atoms with Gasteiger partial charge in [0.05, 0.1) is 25.9 Å². The quantitative estimate of drug-likeness (QED) is 0.160. The Labute approximate surface area is 222 Å². The smallest absolute Gasteiger partial charge is 0.293 e. The average Bonchev–Trinajstić information content (AvgIpc) is 3.07. The molecule has 0 aromatic heterocycles. The molecular formula is C24H15BrCl2N2O5S. The second kappa shape index (κ2) is 10.8. The van der Waals surface area contributed by atoms with Crippen LogP contribution < -0.4 is 4.74 Å². The Bertz CT molecular complexity index is 1340. The molecule has 1 aliphatic heterocycles. The van der Waals surface area contributed by atoms with Crippen LogP contribution in [0.5, 0.6) is 5.75 Å². The van der Waals surface area contributed by atoms with Crippen LogP contribution in [-0.4, -0.2) is 21.0 Å². The zero-order valence-electron chi connectivity index (χ0n) is 17.7. The number of non-ortho nitro benzene ring substituents is 1. The summed E-state index contributed by atoms with van der Waals surface area (Å²) in [4.78, 5) is 37.1. The number of halogens is 3. The van der Waals surface area contributed by atoms with Crippen LogP contribution in [-0.2, 0) is 17.9 Å². The topological polar surface area (TPSA) is 89.8 Å². The lowest BCUT2D eigenvalue weighted by Gasteiger charge is -2.12. The van der Waals surface area contributed by atoms with Crippen LogP contribution in [0.2, 0.25) is 10.0 Å². The molecule has 0 N–H and O–H groups in total. The highest BCUT2D eigenvalue weighted by Gasteiger charge is 2.35. The van der Waals surface area contributed by atoms with Gasteiger partial charge in [-0.15, -0.1) is 0 Å². The van der Waals surface area contributed by atoms with E-state index in [0.29, 0.717) is 31.4 Å². The summed E-state index contributed by atoms with van der Waals surface area (Å²) in [6.07, 6.45) is 1.57. The summed E-state index contributed by atoms with van der Waals surface area (Å²) in [5.74, 6) is -0.0423. The van der Waals surface area contributed by atoms with Crippen LogP contribution >= 0.6 is 50.9 Å². The summed E-state index contributed by atoms with van der Waals surface area (Å²) >= 11 is 16.6. The first-order chi connectivity index (χ1) is 16.7. The van der Waals surface area contributed by atoms with E-state index in [-0.39, 0.29) is 23.7 Å². The van der Waals surface area contributed by atoms with Gasteiger partial charge in [0.15, 0.2) is 5.75 Å². The van der Waals surface area contributed by atoms with E-state index in [1.807, 2.05) is 12.1 Å². The number of hydrogen-bond donors (Lipinski definition) is 0. The number of nitro groups is 1. The van der Waals surface area contributed by atoms with E-state index in [2.05, 4.69) is 15.9 Å². The van der Waals surface area contributed by atoms with Crippen molar-refractivity contribution in [1.82, 2.24) is 4.90 Å². The van der Waals surface area contributed by atoms with E-state index in [1.54, 1.807) is 36.4 Å². The zero-order chi connectivity index (χ0) is 25.1. The van der Waals surface area contributed by atoms with Crippen LogP contribution in [0.4, 0.5) is 10.5 Å². The highest BCUT2D eigenvalue weighted by Crippen LogP contribution is 2.38. The molecule has 7 nitrogen and oxygen atoms in total. The minimum absolute atomic E-state index is 0.0639. The van der Waals surface area contributed by atoms with E-state index < -0.39 is 16.1 Å². The van der Waals surface area contributed by atoms with Gasteiger partial charge >= 0.3 is 0 Å². The molecule has 35 heavy (non-hydrogen) atoms. The Morgan fingerprint density at radius 1 is 1.06 bits per heavy atom. The number of nitro benzene ring substituents is 1. The van der Waals surface area contributed by atoms with Crippen molar-refractivity contribution in [2.45, 2.75) is 13.2 Å². The first-order valence-electron chi connectivity index (χ1n) is 10.1. The molecule has 0 radical (unpaired) electrons. The fourth-order valence-corrected chi connectivity index (χ4v) is 5.23. The largest absolute Gasteiger partial charge is 0.486 e. The molecule has 1 heterocycles. The maximum atomic E-state index is 12.9. The predicted octanol–water partition coefficient (Wildman–Crippen LogP) is 7.48. The minimum atomic E-state index is -0.526. The number of thioether (sulfide) groups is 1. The van der Waals surface area contributed by atoms with Gasteiger partial charge in [-0.1, -0.05) is 47.5 Å². The number of amides is 2. The van der Waals surface area contributed by atoms with Crippen LogP contribution in [0.25, 0.3) is 6.08 Å². The van der Waals surface area contributed by atoms with Crippen LogP contribution in [0.3, 0.4) is 0 Å². The Balaban J connectivity index is 1.49. The molecular weight excluding hydrogens is 579 g/mol. The van der Waals surface area contributed by atoms with Gasteiger partial charge in [0.2, 0.25) is 0 Å². The van der Waals surface area contributed by atoms with Gasteiger partial charge in [-0.2, -0.15) is 0 Å². The first-order valence-corrected chi connectivity index (χ1v) is 12.4. The Kier molecular flexibility index (Phi) is 7.81. The minimum Gasteiger partial charge on any atom is -0.486 e. The van der Waals surface area contributed by atoms with Crippen molar-refractivity contribution >= 4 is 73.8 Å². The van der Waals surface area contributed by atoms with Crippen molar-refractivity contribution in [3.05, 3.63) is 107 Å². The average molecular weight is 594 g/mol. The van der Waals surface area contributed by atoms with Crippen molar-refractivity contribution in [1.29, 1.82) is 0 Å². The third-order valence-corrected chi connectivity index (χ3v) is 6.98. The van der Waals surface area contributed by atoms with Gasteiger partial charge in [-0.25, -0.2) is 0 Å². The number of benzene rings is 3. The zero-order valence-corrected chi connectivity index (χ0v) is 21.7. The van der Waals surface area contributed by atoms with Gasteiger partial charge in [-0.3, -0.25) is 24.6 Å². The van der Waals surface area contributed by atoms with E-state index >= 15 is 0 Å². The van der Waals surface area contributed by atoms with E-state index in [1.165, 1.54) is 18.2 Å². The number of nitrogens with zero attached hydrogens (tertiary/aromatic N) is 2. The molecule has 0 aliphatic carbocycles. The summed E-state index contributed by atoms with van der Waals surface area (Å²) in [6, 6.07) is 16.4. The molecule has 4 rings (SSSR count). The molecule has 2 amide bonds. The van der Waals surface area contributed by atoms with Gasteiger partial charge in [0.25, 0.3) is 16.8 Å². The predicted molar refractivity (Wildman–Crippen MR) is 140 cm³/mol. The molecule has 0 unspecified atom stereocenters. The van der Waals surface area contributed by atoms with Crippen LogP contribution in [0.15, 0.2) is 70.0 Å². The number of imide groups is 1. The highest BCUT2D eigenvalue weighted by molar-refractivity contribution is 9.10. The summed E-state index contributed by atoms with van der Waals surface area (Å²) < 4.78 is 6.43. The fraction of sp³-hybridized carbons (Fsp3) is 0.0833. The van der Waals surface area contributed by atoms with Crippen LogP contribution in [0.1, 0.15) is 16.7 Å². The maximum absolute atomic E-state index is 12.9. The molecule has 3 aromatic rings. The van der Waals surface area contributed by atoms with Crippen molar-refractivity contribution in [3.8, 4) is 5.75 Å². The Hall–Kier alpha value is -2.85. The van der Waals surface area contributed by atoms with E-state index in [4.69, 9.17) is 27.9 Å². The lowest BCUT2D eigenvalue weighted by atomic mass is 10.1. The van der Waals surface area contributed by atoms with Crippen molar-refractivity contribution in [2.75, 3.05) is 0 Å². The second-order valence-corrected chi connectivity index (χ2v) is 10.1. The standard InChI is InChI=1S/C24H15BrCl2N2O5S/c25-19-9-16(10-20(27)22(19)34-13-14-4-6-17(26)7-5-14)11-21-23(30)28(24(31)35-21)12-15-2-1-3-18(8-15)29(32)33/h1-11H,12-13H2/b21-11+. The monoisotopic (exact) mass is 592 g/mol. The molecule has 1 fully saturated rings. The molecule has 0 bridgehead atoms. The summed E-state index contributed by atoms with van der Waals surface area (Å²) in [5.41, 5.74) is 1.89.